The highest BCUT2D eigenvalue weighted by molar-refractivity contribution is 7.19. The van der Waals surface area contributed by atoms with Crippen LogP contribution < -0.4 is 16.7 Å². The number of aryl methyl sites for hydroxylation is 1. The van der Waals surface area contributed by atoms with Crippen molar-refractivity contribution >= 4 is 27.5 Å². The van der Waals surface area contributed by atoms with Gasteiger partial charge in [-0.05, 0) is 17.7 Å². The van der Waals surface area contributed by atoms with Crippen LogP contribution in [0.3, 0.4) is 0 Å². The van der Waals surface area contributed by atoms with Gasteiger partial charge in [0.1, 0.15) is 6.07 Å². The number of anilines is 1. The number of nitriles is 1. The predicted molar refractivity (Wildman–Crippen MR) is 86.9 cm³/mol. The second kappa shape index (κ2) is 5.63. The lowest BCUT2D eigenvalue weighted by atomic mass is 10.1. The normalized spacial score (nSPS) is 10.8. The Balaban J connectivity index is 2.10. The molecule has 0 aliphatic heterocycles. The first kappa shape index (κ1) is 14.3. The molecule has 0 fully saturated rings. The summed E-state index contributed by atoms with van der Waals surface area (Å²) in [5.74, 6) is 0. The second-order valence-electron chi connectivity index (χ2n) is 4.75. The highest BCUT2D eigenvalue weighted by Gasteiger charge is 2.14. The number of hydrogen-bond acceptors (Lipinski definition) is 6. The Kier molecular flexibility index (Phi) is 3.66. The molecule has 2 aromatic heterocycles. The van der Waals surface area contributed by atoms with Crippen LogP contribution in [0.25, 0.3) is 21.5 Å². The summed E-state index contributed by atoms with van der Waals surface area (Å²) in [6.07, 6.45) is 0. The van der Waals surface area contributed by atoms with Crippen LogP contribution in [0.4, 0.5) is 5.13 Å². The number of nitrogens with zero attached hydrogens (tertiary/aromatic N) is 3. The third kappa shape index (κ3) is 2.36. The molecular weight excluding hydrogens is 300 g/mol. The number of hydrogen-bond donors (Lipinski definition) is 3. The van der Waals surface area contributed by atoms with Crippen LogP contribution in [0.5, 0.6) is 0 Å². The summed E-state index contributed by atoms with van der Waals surface area (Å²) in [4.78, 5) is 19.5. The molecule has 112 valence electrons. The summed E-state index contributed by atoms with van der Waals surface area (Å²) >= 11 is 1.40. The van der Waals surface area contributed by atoms with Crippen molar-refractivity contribution in [3.8, 4) is 16.5 Å². The highest BCUT2D eigenvalue weighted by Crippen LogP contribution is 2.33. The molecule has 7 nitrogen and oxygen atoms in total. The molecule has 2 heterocycles. The summed E-state index contributed by atoms with van der Waals surface area (Å²) in [6.45, 7) is 1.09. The molecule has 1 aromatic carbocycles. The molecule has 22 heavy (non-hydrogen) atoms. The van der Waals surface area contributed by atoms with Gasteiger partial charge in [0.25, 0.3) is 0 Å². The second-order valence-corrected chi connectivity index (χ2v) is 5.74. The fourth-order valence-corrected chi connectivity index (χ4v) is 3.15. The predicted octanol–water partition coefficient (Wildman–Crippen LogP) is 1.23. The Morgan fingerprint density at radius 1 is 1.55 bits per heavy atom. The standard InChI is InChI=1S/C14H14N6OS/c1-20-11-6-8(2-3-9(11)19-14(20)21)12-10(7-16)18-13(22-12)17-5-4-15/h2-3,6H,4-5,15H2,1H3,(H,17,18)(H,19,21). The van der Waals surface area contributed by atoms with Gasteiger partial charge in [0.05, 0.1) is 15.9 Å². The molecule has 3 aromatic rings. The number of thiazole rings is 1. The van der Waals surface area contributed by atoms with Gasteiger partial charge in [-0.1, -0.05) is 17.4 Å². The molecule has 0 aliphatic rings. The van der Waals surface area contributed by atoms with Crippen molar-refractivity contribution in [1.29, 1.82) is 5.26 Å². The zero-order valence-corrected chi connectivity index (χ0v) is 12.7. The molecule has 0 unspecified atom stereocenters. The quantitative estimate of drug-likeness (QED) is 0.670. The number of aromatic amines is 1. The Hall–Kier alpha value is -2.63. The van der Waals surface area contributed by atoms with Crippen molar-refractivity contribution in [2.24, 2.45) is 12.8 Å². The van der Waals surface area contributed by atoms with E-state index >= 15 is 0 Å². The number of imidazole rings is 1. The van der Waals surface area contributed by atoms with E-state index in [1.54, 1.807) is 11.6 Å². The van der Waals surface area contributed by atoms with Crippen molar-refractivity contribution < 1.29 is 0 Å². The van der Waals surface area contributed by atoms with Crippen LogP contribution in [0, 0.1) is 11.3 Å². The van der Waals surface area contributed by atoms with E-state index in [0.717, 1.165) is 21.5 Å². The zero-order chi connectivity index (χ0) is 15.7. The molecule has 0 atom stereocenters. The monoisotopic (exact) mass is 314 g/mol. The maximum absolute atomic E-state index is 11.7. The molecular formula is C14H14N6OS. The molecule has 0 amide bonds. The topological polar surface area (TPSA) is 113 Å². The molecule has 0 saturated carbocycles. The number of nitrogens with two attached hydrogens (primary N) is 1. The van der Waals surface area contributed by atoms with Crippen LogP contribution in [-0.2, 0) is 7.05 Å². The summed E-state index contributed by atoms with van der Waals surface area (Å²) < 4.78 is 1.54. The molecule has 8 heteroatoms. The molecule has 0 radical (unpaired) electrons. The SMILES string of the molecule is Cn1c(=O)[nH]c2ccc(-c3sc(NCCN)nc3C#N)cc21. The van der Waals surface area contributed by atoms with E-state index in [9.17, 15) is 10.1 Å². The van der Waals surface area contributed by atoms with E-state index in [-0.39, 0.29) is 5.69 Å². The van der Waals surface area contributed by atoms with Crippen LogP contribution in [0.1, 0.15) is 5.69 Å². The Morgan fingerprint density at radius 3 is 3.09 bits per heavy atom. The molecule has 0 aliphatic carbocycles. The van der Waals surface area contributed by atoms with E-state index in [4.69, 9.17) is 5.73 Å². The number of benzene rings is 1. The van der Waals surface area contributed by atoms with Gasteiger partial charge in [-0.2, -0.15) is 5.26 Å². The average molecular weight is 314 g/mol. The lowest BCUT2D eigenvalue weighted by molar-refractivity contribution is 0.892. The number of H-pyrrole nitrogens is 1. The summed E-state index contributed by atoms with van der Waals surface area (Å²) in [6, 6.07) is 7.70. The first-order chi connectivity index (χ1) is 10.6. The van der Waals surface area contributed by atoms with Crippen molar-refractivity contribution in [1.82, 2.24) is 14.5 Å². The average Bonchev–Trinajstić information content (AvgIpc) is 3.07. The van der Waals surface area contributed by atoms with Crippen molar-refractivity contribution in [2.75, 3.05) is 18.4 Å². The number of rotatable bonds is 4. The van der Waals surface area contributed by atoms with Crippen LogP contribution in [0.15, 0.2) is 23.0 Å². The maximum atomic E-state index is 11.7. The number of fused-ring (bicyclic) bond motifs is 1. The van der Waals surface area contributed by atoms with Crippen molar-refractivity contribution in [3.63, 3.8) is 0 Å². The third-order valence-corrected chi connectivity index (χ3v) is 4.38. The van der Waals surface area contributed by atoms with E-state index in [1.165, 1.54) is 11.3 Å². The van der Waals surface area contributed by atoms with Gasteiger partial charge in [0.15, 0.2) is 10.8 Å². The summed E-state index contributed by atoms with van der Waals surface area (Å²) in [5, 5.41) is 13.0. The van der Waals surface area contributed by atoms with Gasteiger partial charge >= 0.3 is 5.69 Å². The Bertz CT molecular complexity index is 929. The molecule has 0 spiro atoms. The van der Waals surface area contributed by atoms with Gasteiger partial charge in [0.2, 0.25) is 0 Å². The fraction of sp³-hybridized carbons (Fsp3) is 0.214. The number of aromatic nitrogens is 3. The van der Waals surface area contributed by atoms with Gasteiger partial charge < -0.3 is 16.0 Å². The van der Waals surface area contributed by atoms with E-state index in [1.807, 2.05) is 18.2 Å². The van der Waals surface area contributed by atoms with E-state index in [0.29, 0.717) is 23.9 Å². The van der Waals surface area contributed by atoms with Gasteiger partial charge in [-0.15, -0.1) is 0 Å². The van der Waals surface area contributed by atoms with Crippen LogP contribution in [-0.4, -0.2) is 27.6 Å². The summed E-state index contributed by atoms with van der Waals surface area (Å²) in [5.41, 5.74) is 8.07. The minimum Gasteiger partial charge on any atom is -0.360 e. The molecule has 4 N–H and O–H groups in total. The van der Waals surface area contributed by atoms with Crippen molar-refractivity contribution in [2.45, 2.75) is 0 Å². The lowest BCUT2D eigenvalue weighted by Crippen LogP contribution is -2.12. The van der Waals surface area contributed by atoms with E-state index < -0.39 is 0 Å². The van der Waals surface area contributed by atoms with Crippen LogP contribution >= 0.6 is 11.3 Å². The third-order valence-electron chi connectivity index (χ3n) is 3.32. The van der Waals surface area contributed by atoms with Gasteiger partial charge in [0, 0.05) is 20.1 Å². The fourth-order valence-electron chi connectivity index (χ4n) is 2.21. The van der Waals surface area contributed by atoms with E-state index in [2.05, 4.69) is 21.4 Å². The largest absolute Gasteiger partial charge is 0.360 e. The minimum absolute atomic E-state index is 0.165. The summed E-state index contributed by atoms with van der Waals surface area (Å²) in [7, 11) is 1.71. The molecule has 3 rings (SSSR count). The van der Waals surface area contributed by atoms with Gasteiger partial charge in [-0.3, -0.25) is 4.57 Å². The minimum atomic E-state index is -0.165. The molecule has 0 saturated heterocycles. The Morgan fingerprint density at radius 2 is 2.36 bits per heavy atom. The lowest BCUT2D eigenvalue weighted by Gasteiger charge is -2.00. The first-order valence-electron chi connectivity index (χ1n) is 6.68. The smallest absolute Gasteiger partial charge is 0.326 e. The van der Waals surface area contributed by atoms with Crippen LogP contribution in [0.2, 0.25) is 0 Å². The zero-order valence-electron chi connectivity index (χ0n) is 11.9. The maximum Gasteiger partial charge on any atom is 0.326 e. The highest BCUT2D eigenvalue weighted by atomic mass is 32.1. The Labute approximate surface area is 130 Å². The van der Waals surface area contributed by atoms with Crippen molar-refractivity contribution in [3.05, 3.63) is 34.4 Å². The van der Waals surface area contributed by atoms with Gasteiger partial charge in [-0.25, -0.2) is 9.78 Å². The first-order valence-corrected chi connectivity index (χ1v) is 7.49. The number of nitrogens with one attached hydrogen (secondary N) is 2. The molecule has 0 bridgehead atoms.